The zero-order valence-electron chi connectivity index (χ0n) is 29.1. The molecule has 0 aliphatic rings. The van der Waals surface area contributed by atoms with Crippen LogP contribution < -0.4 is 0 Å². The maximum atomic E-state index is 5.40. The van der Waals surface area contributed by atoms with Gasteiger partial charge in [-0.1, -0.05) is 152 Å². The number of rotatable bonds is 5. The smallest absolute Gasteiger partial charge is 0.235 e. The Labute approximate surface area is 316 Å². The minimum absolute atomic E-state index is 0.651. The molecule has 0 saturated heterocycles. The maximum absolute atomic E-state index is 5.40. The van der Waals surface area contributed by atoms with Crippen LogP contribution in [0.4, 0.5) is 0 Å². The summed E-state index contributed by atoms with van der Waals surface area (Å²) < 4.78 is 4.90. The molecule has 0 aliphatic heterocycles. The molecule has 0 atom stereocenters. The number of hydrogen-bond acceptors (Lipinski definition) is 3. The van der Waals surface area contributed by atoms with Gasteiger partial charge >= 0.3 is 0 Å². The number of para-hydroxylation sites is 2. The van der Waals surface area contributed by atoms with E-state index in [0.717, 1.165) is 55.1 Å². The van der Waals surface area contributed by atoms with Crippen molar-refractivity contribution in [2.75, 3.05) is 0 Å². The van der Waals surface area contributed by atoms with Gasteiger partial charge in [-0.05, 0) is 64.2 Å². The molecule has 0 N–H and O–H groups in total. The number of hydrogen-bond donors (Lipinski definition) is 0. The van der Waals surface area contributed by atoms with E-state index in [4.69, 9.17) is 9.97 Å². The van der Waals surface area contributed by atoms with Gasteiger partial charge in [-0.25, -0.2) is 9.97 Å². The minimum atomic E-state index is 0.651. The molecule has 11 aromatic rings. The van der Waals surface area contributed by atoms with Crippen molar-refractivity contribution in [3.05, 3.63) is 188 Å². The fourth-order valence-electron chi connectivity index (χ4n) is 8.17. The van der Waals surface area contributed by atoms with Crippen LogP contribution >= 0.6 is 11.3 Å². The summed E-state index contributed by atoms with van der Waals surface area (Å²) in [4.78, 5) is 10.7. The topological polar surface area (TPSA) is 30.7 Å². The van der Waals surface area contributed by atoms with Crippen LogP contribution in [0.15, 0.2) is 188 Å². The molecule has 54 heavy (non-hydrogen) atoms. The Hall–Kier alpha value is -6.88. The highest BCUT2D eigenvalue weighted by atomic mass is 32.1. The third kappa shape index (κ3) is 4.88. The summed E-state index contributed by atoms with van der Waals surface area (Å²) >= 11 is 1.86. The van der Waals surface area contributed by atoms with Gasteiger partial charge in [0.25, 0.3) is 0 Å². The molecule has 8 aromatic carbocycles. The van der Waals surface area contributed by atoms with Crippen LogP contribution in [0.3, 0.4) is 0 Å². The Morgan fingerprint density at radius 3 is 1.87 bits per heavy atom. The quantitative estimate of drug-likeness (QED) is 0.178. The van der Waals surface area contributed by atoms with E-state index in [0.29, 0.717) is 5.95 Å². The van der Waals surface area contributed by atoms with Gasteiger partial charge in [0.2, 0.25) is 5.95 Å². The first-order chi connectivity index (χ1) is 26.8. The second-order valence-electron chi connectivity index (χ2n) is 13.7. The molecule has 3 nitrogen and oxygen atoms in total. The molecule has 0 amide bonds. The lowest BCUT2D eigenvalue weighted by Gasteiger charge is -2.14. The SMILES string of the molecule is c1ccc(-c2ccc3c(c2)c2cccc(-c4cccc(-c5cccc6sc7ccccc7c56)c4)c2n3-c2nc(-c3ccccc3)c3ccccc3n2)cc1. The van der Waals surface area contributed by atoms with Crippen molar-refractivity contribution in [1.82, 2.24) is 14.5 Å². The van der Waals surface area contributed by atoms with Gasteiger partial charge in [0, 0.05) is 47.5 Å². The average molecular weight is 706 g/mol. The second-order valence-corrected chi connectivity index (χ2v) is 14.8. The van der Waals surface area contributed by atoms with Crippen LogP contribution in [0.25, 0.3) is 103 Å². The van der Waals surface area contributed by atoms with Crippen LogP contribution in [0.2, 0.25) is 0 Å². The van der Waals surface area contributed by atoms with Crippen LogP contribution in [0.5, 0.6) is 0 Å². The molecule has 4 heteroatoms. The van der Waals surface area contributed by atoms with E-state index in [2.05, 4.69) is 187 Å². The Morgan fingerprint density at radius 1 is 0.389 bits per heavy atom. The zero-order valence-corrected chi connectivity index (χ0v) is 30.0. The molecule has 11 rings (SSSR count). The number of fused-ring (bicyclic) bond motifs is 7. The van der Waals surface area contributed by atoms with Crippen LogP contribution in [-0.4, -0.2) is 14.5 Å². The first-order valence-electron chi connectivity index (χ1n) is 18.2. The van der Waals surface area contributed by atoms with E-state index in [1.165, 1.54) is 42.4 Å². The summed E-state index contributed by atoms with van der Waals surface area (Å²) in [5, 5.41) is 5.97. The summed E-state index contributed by atoms with van der Waals surface area (Å²) in [6.07, 6.45) is 0. The molecular weight excluding hydrogens is 675 g/mol. The van der Waals surface area contributed by atoms with Gasteiger partial charge in [0.05, 0.1) is 22.2 Å². The standard InChI is InChI=1S/C50H31N3S/c1-3-14-32(15-4-1)34-28-29-44-42(31-34)39-24-12-23-38(36-19-11-18-35(30-36)37-22-13-27-46-47(37)41-21-8-10-26-45(41)54-46)49(39)53(44)50-51-43-25-9-7-20-40(43)48(52-50)33-16-5-2-6-17-33/h1-31H. The van der Waals surface area contributed by atoms with Crippen molar-refractivity contribution in [3.63, 3.8) is 0 Å². The number of nitrogens with zero attached hydrogens (tertiary/aromatic N) is 3. The van der Waals surface area contributed by atoms with Gasteiger partial charge in [-0.2, -0.15) is 0 Å². The largest absolute Gasteiger partial charge is 0.277 e. The van der Waals surface area contributed by atoms with Crippen LogP contribution in [0.1, 0.15) is 0 Å². The van der Waals surface area contributed by atoms with E-state index in [9.17, 15) is 0 Å². The Balaban J connectivity index is 1.20. The van der Waals surface area contributed by atoms with E-state index in [-0.39, 0.29) is 0 Å². The van der Waals surface area contributed by atoms with E-state index in [1.54, 1.807) is 0 Å². The van der Waals surface area contributed by atoms with E-state index in [1.807, 2.05) is 17.4 Å². The number of thiophene rings is 1. The predicted octanol–water partition coefficient (Wildman–Crippen LogP) is 13.8. The van der Waals surface area contributed by atoms with Gasteiger partial charge in [0.15, 0.2) is 0 Å². The number of benzene rings is 8. The molecule has 0 aliphatic carbocycles. The fraction of sp³-hybridized carbons (Fsp3) is 0. The van der Waals surface area contributed by atoms with Crippen molar-refractivity contribution >= 4 is 64.2 Å². The Bertz CT molecular complexity index is 3210. The highest BCUT2D eigenvalue weighted by molar-refractivity contribution is 7.25. The summed E-state index contributed by atoms with van der Waals surface area (Å²) in [5.74, 6) is 0.651. The zero-order chi connectivity index (χ0) is 35.6. The first-order valence-corrected chi connectivity index (χ1v) is 19.1. The predicted molar refractivity (Wildman–Crippen MR) is 229 cm³/mol. The molecule has 0 bridgehead atoms. The highest BCUT2D eigenvalue weighted by Gasteiger charge is 2.21. The van der Waals surface area contributed by atoms with Gasteiger partial charge in [-0.15, -0.1) is 11.3 Å². The number of aromatic nitrogens is 3. The second kappa shape index (κ2) is 12.4. The Kier molecular flexibility index (Phi) is 7.04. The lowest BCUT2D eigenvalue weighted by atomic mass is 9.95. The molecule has 0 fully saturated rings. The van der Waals surface area contributed by atoms with Crippen molar-refractivity contribution in [2.24, 2.45) is 0 Å². The normalized spacial score (nSPS) is 11.7. The van der Waals surface area contributed by atoms with Crippen LogP contribution in [-0.2, 0) is 0 Å². The lowest BCUT2D eigenvalue weighted by Crippen LogP contribution is -2.04. The molecule has 3 heterocycles. The molecule has 252 valence electrons. The van der Waals surface area contributed by atoms with Crippen molar-refractivity contribution < 1.29 is 0 Å². The first kappa shape index (κ1) is 30.7. The summed E-state index contributed by atoms with van der Waals surface area (Å²) in [7, 11) is 0. The van der Waals surface area contributed by atoms with Crippen LogP contribution in [0, 0.1) is 0 Å². The summed E-state index contributed by atoms with van der Waals surface area (Å²) in [6.45, 7) is 0. The van der Waals surface area contributed by atoms with Crippen molar-refractivity contribution in [1.29, 1.82) is 0 Å². The van der Waals surface area contributed by atoms with E-state index < -0.39 is 0 Å². The van der Waals surface area contributed by atoms with Crippen molar-refractivity contribution in [2.45, 2.75) is 0 Å². The average Bonchev–Trinajstić information content (AvgIpc) is 3.80. The molecule has 0 radical (unpaired) electrons. The summed E-state index contributed by atoms with van der Waals surface area (Å²) in [5.41, 5.74) is 12.1. The molecule has 3 aromatic heterocycles. The molecule has 0 saturated carbocycles. The minimum Gasteiger partial charge on any atom is -0.277 e. The Morgan fingerprint density at radius 2 is 1.02 bits per heavy atom. The lowest BCUT2D eigenvalue weighted by molar-refractivity contribution is 1.01. The molecule has 0 spiro atoms. The molecule has 0 unspecified atom stereocenters. The molecular formula is C50H31N3S. The highest BCUT2D eigenvalue weighted by Crippen LogP contribution is 2.43. The van der Waals surface area contributed by atoms with Gasteiger partial charge in [-0.3, -0.25) is 4.57 Å². The third-order valence-corrected chi connectivity index (χ3v) is 11.8. The monoisotopic (exact) mass is 705 g/mol. The van der Waals surface area contributed by atoms with Gasteiger partial charge in [0.1, 0.15) is 0 Å². The fourth-order valence-corrected chi connectivity index (χ4v) is 9.30. The van der Waals surface area contributed by atoms with Gasteiger partial charge < -0.3 is 0 Å². The summed E-state index contributed by atoms with van der Waals surface area (Å²) in [6, 6.07) is 67.3. The van der Waals surface area contributed by atoms with Crippen molar-refractivity contribution in [3.8, 4) is 50.6 Å². The van der Waals surface area contributed by atoms with E-state index >= 15 is 0 Å². The maximum Gasteiger partial charge on any atom is 0.235 e. The third-order valence-electron chi connectivity index (χ3n) is 10.6.